The summed E-state index contributed by atoms with van der Waals surface area (Å²) in [6, 6.07) is 0. The highest BCUT2D eigenvalue weighted by atomic mass is 32.2. The summed E-state index contributed by atoms with van der Waals surface area (Å²) in [5, 5.41) is 2.50. The minimum absolute atomic E-state index is 0.0719. The average Bonchev–Trinajstić information content (AvgIpc) is 2.83. The molecule has 30 heavy (non-hydrogen) atoms. The van der Waals surface area contributed by atoms with Crippen molar-refractivity contribution in [3.8, 4) is 0 Å². The molecular weight excluding hydrogens is 418 g/mol. The van der Waals surface area contributed by atoms with Gasteiger partial charge < -0.3 is 19.5 Å². The molecule has 0 aromatic carbocycles. The summed E-state index contributed by atoms with van der Waals surface area (Å²) in [7, 11) is -3.89. The molecule has 1 N–H and O–H groups in total. The molecule has 1 unspecified atom stereocenters. The van der Waals surface area contributed by atoms with Gasteiger partial charge in [0.05, 0.1) is 12.4 Å². The Morgan fingerprint density at radius 3 is 2.43 bits per heavy atom. The molecule has 172 valence electrons. The van der Waals surface area contributed by atoms with Gasteiger partial charge in [0.1, 0.15) is 0 Å². The largest absolute Gasteiger partial charge is 0.512 e. The maximum atomic E-state index is 12.6. The molecule has 2 fully saturated rings. The highest BCUT2D eigenvalue weighted by Gasteiger charge is 2.46. The van der Waals surface area contributed by atoms with Gasteiger partial charge in [-0.15, -0.1) is 0 Å². The lowest BCUT2D eigenvalue weighted by atomic mass is 9.87. The Morgan fingerprint density at radius 2 is 1.80 bits per heavy atom. The van der Waals surface area contributed by atoms with Gasteiger partial charge in [-0.05, 0) is 19.3 Å². The average molecular weight is 450 g/mol. The molecule has 0 bridgehead atoms. The highest BCUT2D eigenvalue weighted by Crippen LogP contribution is 2.33. The van der Waals surface area contributed by atoms with Crippen LogP contribution in [0, 0.1) is 11.3 Å². The molecule has 1 saturated carbocycles. The Balaban J connectivity index is 1.94. The lowest BCUT2D eigenvalue weighted by Gasteiger charge is -2.30. The number of hydrogen-bond donors (Lipinski definition) is 1. The molecule has 1 heterocycles. The first-order valence-corrected chi connectivity index (χ1v) is 11.8. The monoisotopic (exact) mass is 449 g/mol. The minimum Gasteiger partial charge on any atom is -0.422 e. The van der Waals surface area contributed by atoms with Crippen molar-refractivity contribution < 1.29 is 41.2 Å². The van der Waals surface area contributed by atoms with E-state index in [0.29, 0.717) is 0 Å². The topological polar surface area (TPSA) is 134 Å². The van der Waals surface area contributed by atoms with E-state index in [0.717, 1.165) is 32.1 Å². The summed E-state index contributed by atoms with van der Waals surface area (Å²) in [5.41, 5.74) is -1.18. The van der Waals surface area contributed by atoms with E-state index in [1.165, 1.54) is 6.92 Å². The number of nitrogens with one attached hydrogen (secondary N) is 1. The van der Waals surface area contributed by atoms with Crippen molar-refractivity contribution in [3.63, 3.8) is 0 Å². The fraction of sp³-hybridized carbons (Fsp3) is 0.842. The minimum atomic E-state index is -3.89. The summed E-state index contributed by atoms with van der Waals surface area (Å²) >= 11 is 0. The summed E-state index contributed by atoms with van der Waals surface area (Å²) in [4.78, 5) is 35.6. The van der Waals surface area contributed by atoms with Crippen LogP contribution in [0.2, 0.25) is 0 Å². The number of hydrogen-bond acceptors (Lipinski definition) is 9. The van der Waals surface area contributed by atoms with Crippen molar-refractivity contribution in [2.24, 2.45) is 11.3 Å². The lowest BCUT2D eigenvalue weighted by Crippen LogP contribution is -2.43. The Hall–Kier alpha value is -1.88. The molecule has 1 saturated heterocycles. The van der Waals surface area contributed by atoms with Gasteiger partial charge in [0.2, 0.25) is 12.0 Å². The van der Waals surface area contributed by atoms with Crippen LogP contribution in [0.1, 0.15) is 59.3 Å². The SMILES string of the molecule is CC(=O)NCCCS(=O)(=O)OCC(C)(C)[C@H]1OC(=O)OC(C2CCCCC2)OC1=O. The highest BCUT2D eigenvalue weighted by molar-refractivity contribution is 7.86. The lowest BCUT2D eigenvalue weighted by molar-refractivity contribution is -0.179. The second-order valence-electron chi connectivity index (χ2n) is 8.42. The molecule has 10 nitrogen and oxygen atoms in total. The van der Waals surface area contributed by atoms with Gasteiger partial charge in [-0.1, -0.05) is 33.1 Å². The maximum Gasteiger partial charge on any atom is 0.512 e. The van der Waals surface area contributed by atoms with Crippen molar-refractivity contribution >= 4 is 28.1 Å². The van der Waals surface area contributed by atoms with Crippen molar-refractivity contribution in [3.05, 3.63) is 0 Å². The van der Waals surface area contributed by atoms with Crippen LogP contribution in [0.4, 0.5) is 4.79 Å². The Bertz CT molecular complexity index is 728. The van der Waals surface area contributed by atoms with Crippen molar-refractivity contribution in [1.29, 1.82) is 0 Å². The van der Waals surface area contributed by atoms with Crippen LogP contribution in [0.25, 0.3) is 0 Å². The van der Waals surface area contributed by atoms with Gasteiger partial charge in [0, 0.05) is 24.8 Å². The van der Waals surface area contributed by atoms with E-state index in [2.05, 4.69) is 5.32 Å². The predicted octanol–water partition coefficient (Wildman–Crippen LogP) is 1.87. The molecule has 2 rings (SSSR count). The third-order valence-electron chi connectivity index (χ3n) is 5.17. The summed E-state index contributed by atoms with van der Waals surface area (Å²) in [5.74, 6) is -1.41. The van der Waals surface area contributed by atoms with Gasteiger partial charge in [0.15, 0.2) is 0 Å². The van der Waals surface area contributed by atoms with Gasteiger partial charge in [0.25, 0.3) is 16.4 Å². The standard InChI is InChI=1S/C19H31NO9S/c1-13(21)20-10-7-11-30(24,25)26-12-19(2,3)15-16(22)28-17(29-18(23)27-15)14-8-5-4-6-9-14/h14-15,17H,4-12H2,1-3H3,(H,20,21)/t15-,17?/m0/s1. The normalized spacial score (nSPS) is 23.7. The Morgan fingerprint density at radius 1 is 1.13 bits per heavy atom. The van der Waals surface area contributed by atoms with Gasteiger partial charge in [-0.25, -0.2) is 9.59 Å². The van der Waals surface area contributed by atoms with Crippen LogP contribution >= 0.6 is 0 Å². The smallest absolute Gasteiger partial charge is 0.422 e. The second kappa shape index (κ2) is 10.4. The summed E-state index contributed by atoms with van der Waals surface area (Å²) in [6.07, 6.45) is 1.41. The fourth-order valence-electron chi connectivity index (χ4n) is 3.43. The Labute approximate surface area is 177 Å². The van der Waals surface area contributed by atoms with Crippen LogP contribution in [0.15, 0.2) is 0 Å². The molecule has 1 aliphatic carbocycles. The Kier molecular flexibility index (Phi) is 8.48. The molecule has 2 atom stereocenters. The zero-order valence-corrected chi connectivity index (χ0v) is 18.5. The number of cyclic esters (lactones) is 3. The van der Waals surface area contributed by atoms with Gasteiger partial charge >= 0.3 is 12.1 Å². The first kappa shape index (κ1) is 24.4. The number of esters is 1. The second-order valence-corrected chi connectivity index (χ2v) is 10.2. The van der Waals surface area contributed by atoms with Gasteiger partial charge in [-0.2, -0.15) is 8.42 Å². The molecule has 2 aliphatic rings. The third kappa shape index (κ3) is 7.42. The number of carbonyl (C=O) groups is 3. The van der Waals surface area contributed by atoms with E-state index >= 15 is 0 Å². The van der Waals surface area contributed by atoms with Crippen molar-refractivity contribution in [2.45, 2.75) is 71.7 Å². The van der Waals surface area contributed by atoms with E-state index < -0.39 is 46.7 Å². The quantitative estimate of drug-likeness (QED) is 0.318. The number of carbonyl (C=O) groups excluding carboxylic acids is 3. The van der Waals surface area contributed by atoms with Crippen LogP contribution in [-0.2, 0) is 38.1 Å². The zero-order chi connectivity index (χ0) is 22.4. The van der Waals surface area contributed by atoms with Crippen LogP contribution < -0.4 is 5.32 Å². The molecule has 0 radical (unpaired) electrons. The summed E-state index contributed by atoms with van der Waals surface area (Å²) < 4.78 is 45.0. The fourth-order valence-corrected chi connectivity index (χ4v) is 4.53. The predicted molar refractivity (Wildman–Crippen MR) is 105 cm³/mol. The van der Waals surface area contributed by atoms with E-state index in [1.807, 2.05) is 0 Å². The van der Waals surface area contributed by atoms with Crippen molar-refractivity contribution in [2.75, 3.05) is 18.9 Å². The van der Waals surface area contributed by atoms with Crippen LogP contribution in [0.5, 0.6) is 0 Å². The van der Waals surface area contributed by atoms with E-state index in [4.69, 9.17) is 18.4 Å². The number of amides is 1. The maximum absolute atomic E-state index is 12.6. The number of ether oxygens (including phenoxy) is 3. The third-order valence-corrected chi connectivity index (χ3v) is 6.44. The first-order valence-electron chi connectivity index (χ1n) is 10.2. The summed E-state index contributed by atoms with van der Waals surface area (Å²) in [6.45, 7) is 4.23. The molecular formula is C19H31NO9S. The van der Waals surface area contributed by atoms with Crippen LogP contribution in [-0.4, -0.2) is 57.7 Å². The van der Waals surface area contributed by atoms with E-state index in [1.54, 1.807) is 13.8 Å². The van der Waals surface area contributed by atoms with E-state index in [-0.39, 0.29) is 30.5 Å². The van der Waals surface area contributed by atoms with E-state index in [9.17, 15) is 22.8 Å². The molecule has 0 aromatic rings. The molecule has 0 spiro atoms. The first-order chi connectivity index (χ1) is 14.0. The van der Waals surface area contributed by atoms with Crippen LogP contribution in [0.3, 0.4) is 0 Å². The zero-order valence-electron chi connectivity index (χ0n) is 17.7. The molecule has 1 amide bonds. The molecule has 0 aromatic heterocycles. The van der Waals surface area contributed by atoms with Gasteiger partial charge in [-0.3, -0.25) is 8.98 Å². The molecule has 1 aliphatic heterocycles. The molecule has 11 heteroatoms. The number of rotatable bonds is 9. The van der Waals surface area contributed by atoms with Crippen molar-refractivity contribution in [1.82, 2.24) is 5.32 Å².